The van der Waals surface area contributed by atoms with E-state index in [1.54, 1.807) is 4.68 Å². The number of hydrogen-bond acceptors (Lipinski definition) is 4. The van der Waals surface area contributed by atoms with Crippen LogP contribution in [0.4, 0.5) is 5.95 Å². The van der Waals surface area contributed by atoms with Gasteiger partial charge in [-0.25, -0.2) is 4.68 Å². The second-order valence-corrected chi connectivity index (χ2v) is 2.69. The van der Waals surface area contributed by atoms with E-state index in [4.69, 9.17) is 4.74 Å². The molecule has 1 aliphatic heterocycles. The molecule has 0 aliphatic carbocycles. The SMILES string of the molecule is CCOC1CC(=O)Nc2ncnn21. The molecule has 0 radical (unpaired) electrons. The molecule has 0 spiro atoms. The fraction of sp³-hybridized carbons (Fsp3) is 0.571. The summed E-state index contributed by atoms with van der Waals surface area (Å²) >= 11 is 0. The smallest absolute Gasteiger partial charge is 0.231 e. The Morgan fingerprint density at radius 1 is 1.85 bits per heavy atom. The molecule has 1 amide bonds. The van der Waals surface area contributed by atoms with Gasteiger partial charge in [-0.15, -0.1) is 0 Å². The number of nitrogens with zero attached hydrogens (tertiary/aromatic N) is 3. The van der Waals surface area contributed by atoms with Gasteiger partial charge in [-0.2, -0.15) is 10.1 Å². The van der Waals surface area contributed by atoms with Crippen molar-refractivity contribution in [2.24, 2.45) is 0 Å². The first-order valence-corrected chi connectivity index (χ1v) is 4.12. The van der Waals surface area contributed by atoms with Crippen molar-refractivity contribution >= 4 is 11.9 Å². The Hall–Kier alpha value is -1.43. The predicted molar refractivity (Wildman–Crippen MR) is 43.9 cm³/mol. The molecule has 0 saturated heterocycles. The first-order chi connectivity index (χ1) is 6.31. The Bertz CT molecular complexity index is 322. The average molecular weight is 182 g/mol. The van der Waals surface area contributed by atoms with Crippen LogP contribution in [-0.2, 0) is 9.53 Å². The minimum absolute atomic E-state index is 0.0843. The van der Waals surface area contributed by atoms with Crippen LogP contribution in [0.2, 0.25) is 0 Å². The van der Waals surface area contributed by atoms with E-state index in [2.05, 4.69) is 15.4 Å². The minimum atomic E-state index is -0.309. The number of carbonyl (C=O) groups excluding carboxylic acids is 1. The maximum Gasteiger partial charge on any atom is 0.231 e. The highest BCUT2D eigenvalue weighted by Gasteiger charge is 2.26. The molecule has 13 heavy (non-hydrogen) atoms. The van der Waals surface area contributed by atoms with Crippen molar-refractivity contribution in [3.05, 3.63) is 6.33 Å². The van der Waals surface area contributed by atoms with E-state index in [1.165, 1.54) is 6.33 Å². The van der Waals surface area contributed by atoms with Gasteiger partial charge in [-0.3, -0.25) is 10.1 Å². The van der Waals surface area contributed by atoms with Crippen LogP contribution in [-0.4, -0.2) is 27.3 Å². The molecular weight excluding hydrogens is 172 g/mol. The molecule has 2 rings (SSSR count). The Kier molecular flexibility index (Phi) is 1.97. The topological polar surface area (TPSA) is 69.0 Å². The van der Waals surface area contributed by atoms with Gasteiger partial charge in [0.1, 0.15) is 6.33 Å². The molecule has 1 aromatic heterocycles. The van der Waals surface area contributed by atoms with Crippen LogP contribution in [0.1, 0.15) is 19.6 Å². The van der Waals surface area contributed by atoms with Crippen molar-refractivity contribution in [3.8, 4) is 0 Å². The van der Waals surface area contributed by atoms with Gasteiger partial charge in [0, 0.05) is 6.61 Å². The third kappa shape index (κ3) is 1.40. The van der Waals surface area contributed by atoms with Crippen molar-refractivity contribution in [3.63, 3.8) is 0 Å². The summed E-state index contributed by atoms with van der Waals surface area (Å²) in [4.78, 5) is 15.0. The van der Waals surface area contributed by atoms with Crippen molar-refractivity contribution in [1.29, 1.82) is 0 Å². The van der Waals surface area contributed by atoms with Gasteiger partial charge < -0.3 is 4.74 Å². The second kappa shape index (κ2) is 3.14. The quantitative estimate of drug-likeness (QED) is 0.707. The third-order valence-electron chi connectivity index (χ3n) is 1.82. The molecule has 6 heteroatoms. The second-order valence-electron chi connectivity index (χ2n) is 2.69. The number of amides is 1. The number of anilines is 1. The molecule has 0 aromatic carbocycles. The predicted octanol–water partition coefficient (Wildman–Crippen LogP) is 0.155. The van der Waals surface area contributed by atoms with Gasteiger partial charge in [-0.1, -0.05) is 0 Å². The fourth-order valence-corrected chi connectivity index (χ4v) is 1.29. The van der Waals surface area contributed by atoms with E-state index >= 15 is 0 Å². The molecule has 1 aliphatic rings. The zero-order valence-corrected chi connectivity index (χ0v) is 7.23. The summed E-state index contributed by atoms with van der Waals surface area (Å²) in [6.45, 7) is 2.43. The summed E-state index contributed by atoms with van der Waals surface area (Å²) < 4.78 is 6.91. The van der Waals surface area contributed by atoms with Crippen molar-refractivity contribution in [1.82, 2.24) is 14.8 Å². The first-order valence-electron chi connectivity index (χ1n) is 4.12. The van der Waals surface area contributed by atoms with E-state index in [-0.39, 0.29) is 12.1 Å². The van der Waals surface area contributed by atoms with Crippen molar-refractivity contribution < 1.29 is 9.53 Å². The molecule has 1 N–H and O–H groups in total. The number of aromatic nitrogens is 3. The number of hydrogen-bond donors (Lipinski definition) is 1. The molecule has 70 valence electrons. The summed E-state index contributed by atoms with van der Waals surface area (Å²) in [5, 5.41) is 6.56. The molecule has 1 aromatic rings. The molecule has 0 bridgehead atoms. The van der Waals surface area contributed by atoms with E-state index in [9.17, 15) is 4.79 Å². The van der Waals surface area contributed by atoms with Crippen LogP contribution in [0, 0.1) is 0 Å². The normalized spacial score (nSPS) is 21.0. The summed E-state index contributed by atoms with van der Waals surface area (Å²) in [6, 6.07) is 0. The summed E-state index contributed by atoms with van der Waals surface area (Å²) in [5.74, 6) is 0.369. The van der Waals surface area contributed by atoms with Gasteiger partial charge in [0.2, 0.25) is 11.9 Å². The van der Waals surface area contributed by atoms with Gasteiger partial charge in [0.15, 0.2) is 6.23 Å². The third-order valence-corrected chi connectivity index (χ3v) is 1.82. The number of rotatable bonds is 2. The summed E-state index contributed by atoms with van der Waals surface area (Å²) in [7, 11) is 0. The highest BCUT2D eigenvalue weighted by molar-refractivity contribution is 5.90. The van der Waals surface area contributed by atoms with Crippen LogP contribution in [0.25, 0.3) is 0 Å². The lowest BCUT2D eigenvalue weighted by Crippen LogP contribution is -2.30. The van der Waals surface area contributed by atoms with Gasteiger partial charge >= 0.3 is 0 Å². The molecule has 2 heterocycles. The lowest BCUT2D eigenvalue weighted by molar-refractivity contribution is -0.122. The maximum absolute atomic E-state index is 11.1. The zero-order valence-electron chi connectivity index (χ0n) is 7.23. The average Bonchev–Trinajstić information content (AvgIpc) is 2.52. The monoisotopic (exact) mass is 182 g/mol. The van der Waals surface area contributed by atoms with E-state index in [1.807, 2.05) is 6.92 Å². The number of carbonyl (C=O) groups is 1. The summed E-state index contributed by atoms with van der Waals surface area (Å²) in [6.07, 6.45) is 1.38. The Balaban J connectivity index is 2.27. The fourth-order valence-electron chi connectivity index (χ4n) is 1.29. The first kappa shape index (κ1) is 8.18. The van der Waals surface area contributed by atoms with E-state index in [0.717, 1.165) is 0 Å². The zero-order chi connectivity index (χ0) is 9.26. The Labute approximate surface area is 74.9 Å². The van der Waals surface area contributed by atoms with Crippen molar-refractivity contribution in [2.45, 2.75) is 19.6 Å². The number of nitrogens with one attached hydrogen (secondary N) is 1. The van der Waals surface area contributed by atoms with Crippen LogP contribution < -0.4 is 5.32 Å². The highest BCUT2D eigenvalue weighted by Crippen LogP contribution is 2.21. The molecule has 1 atom stereocenters. The highest BCUT2D eigenvalue weighted by atomic mass is 16.5. The minimum Gasteiger partial charge on any atom is -0.356 e. The molecule has 1 unspecified atom stereocenters. The van der Waals surface area contributed by atoms with Gasteiger partial charge in [0.25, 0.3) is 0 Å². The molecule has 0 saturated carbocycles. The van der Waals surface area contributed by atoms with Crippen molar-refractivity contribution in [2.75, 3.05) is 11.9 Å². The van der Waals surface area contributed by atoms with E-state index < -0.39 is 0 Å². The lowest BCUT2D eigenvalue weighted by atomic mass is 10.3. The Morgan fingerprint density at radius 2 is 2.69 bits per heavy atom. The molecule has 6 nitrogen and oxygen atoms in total. The Morgan fingerprint density at radius 3 is 3.46 bits per heavy atom. The van der Waals surface area contributed by atoms with Crippen LogP contribution in [0.3, 0.4) is 0 Å². The maximum atomic E-state index is 11.1. The van der Waals surface area contributed by atoms with Gasteiger partial charge in [-0.05, 0) is 6.92 Å². The number of fused-ring (bicyclic) bond motifs is 1. The van der Waals surface area contributed by atoms with Crippen LogP contribution in [0.5, 0.6) is 0 Å². The van der Waals surface area contributed by atoms with Crippen LogP contribution >= 0.6 is 0 Å². The standard InChI is InChI=1S/C7H10N4O2/c1-2-13-6-3-5(12)10-7-8-4-9-11(6)7/h4,6H,2-3H2,1H3,(H,8,9,10,12). The lowest BCUT2D eigenvalue weighted by Gasteiger charge is -2.22. The molecule has 0 fully saturated rings. The number of ether oxygens (including phenoxy) is 1. The van der Waals surface area contributed by atoms with E-state index in [0.29, 0.717) is 19.0 Å². The van der Waals surface area contributed by atoms with Crippen LogP contribution in [0.15, 0.2) is 6.33 Å². The largest absolute Gasteiger partial charge is 0.356 e. The summed E-state index contributed by atoms with van der Waals surface area (Å²) in [5.41, 5.74) is 0. The molecular formula is C7H10N4O2. The van der Waals surface area contributed by atoms with Gasteiger partial charge in [0.05, 0.1) is 6.42 Å².